The second kappa shape index (κ2) is 6.85. The molecule has 24 heavy (non-hydrogen) atoms. The average Bonchev–Trinajstić information content (AvgIpc) is 3.21. The van der Waals surface area contributed by atoms with Gasteiger partial charge in [-0.3, -0.25) is 9.59 Å². The Morgan fingerprint density at radius 1 is 1.38 bits per heavy atom. The Balaban J connectivity index is 1.68. The number of carbonyl (C=O) groups is 2. The fraction of sp³-hybridized carbons (Fsp3) is 0.278. The zero-order valence-corrected chi connectivity index (χ0v) is 14.0. The number of anilines is 1. The molecular formula is C18H17N3O2S. The number of nitrogens with zero attached hydrogens (tertiary/aromatic N) is 2. The molecule has 5 nitrogen and oxygen atoms in total. The lowest BCUT2D eigenvalue weighted by atomic mass is 10.1. The fourth-order valence-electron chi connectivity index (χ4n) is 2.90. The number of carbonyl (C=O) groups excluding carboxylic acids is 2. The van der Waals surface area contributed by atoms with Crippen molar-refractivity contribution in [3.63, 3.8) is 0 Å². The number of amides is 2. The highest BCUT2D eigenvalue weighted by molar-refractivity contribution is 7.14. The monoisotopic (exact) mass is 339 g/mol. The first kappa shape index (κ1) is 16.2. The van der Waals surface area contributed by atoms with Crippen LogP contribution in [-0.4, -0.2) is 23.3 Å². The van der Waals surface area contributed by atoms with Crippen molar-refractivity contribution >= 4 is 28.2 Å². The number of nitriles is 1. The molecule has 1 aromatic carbocycles. The maximum atomic E-state index is 12.4. The zero-order valence-electron chi connectivity index (χ0n) is 13.2. The van der Waals surface area contributed by atoms with Crippen molar-refractivity contribution in [3.8, 4) is 6.07 Å². The summed E-state index contributed by atoms with van der Waals surface area (Å²) in [7, 11) is 0. The summed E-state index contributed by atoms with van der Waals surface area (Å²) >= 11 is 1.31. The standard InChI is InChI=1S/C18H17N3O2S/c1-12(13-5-3-2-4-6-13)21-11-15(9-16(21)22)17(23)20-18-14(10-19)7-8-24-18/h2-8,12,15H,9,11H2,1H3,(H,20,23)/t12-,15-/m1/s1. The number of nitrogens with one attached hydrogen (secondary N) is 1. The fourth-order valence-corrected chi connectivity index (χ4v) is 3.64. The van der Waals surface area contributed by atoms with E-state index >= 15 is 0 Å². The highest BCUT2D eigenvalue weighted by Gasteiger charge is 2.37. The van der Waals surface area contributed by atoms with Gasteiger partial charge in [0.05, 0.1) is 17.5 Å². The van der Waals surface area contributed by atoms with Crippen LogP contribution in [0.1, 0.15) is 30.5 Å². The molecular weight excluding hydrogens is 322 g/mol. The van der Waals surface area contributed by atoms with E-state index in [2.05, 4.69) is 5.32 Å². The van der Waals surface area contributed by atoms with Crippen molar-refractivity contribution in [2.45, 2.75) is 19.4 Å². The van der Waals surface area contributed by atoms with Crippen LogP contribution in [0.2, 0.25) is 0 Å². The van der Waals surface area contributed by atoms with Gasteiger partial charge in [-0.25, -0.2) is 0 Å². The molecule has 0 unspecified atom stereocenters. The van der Waals surface area contributed by atoms with E-state index in [9.17, 15) is 9.59 Å². The van der Waals surface area contributed by atoms with Gasteiger partial charge in [0.25, 0.3) is 0 Å². The molecule has 1 aromatic heterocycles. The van der Waals surface area contributed by atoms with Crippen molar-refractivity contribution in [2.75, 3.05) is 11.9 Å². The molecule has 1 N–H and O–H groups in total. The minimum Gasteiger partial charge on any atom is -0.335 e. The number of hydrogen-bond donors (Lipinski definition) is 1. The summed E-state index contributed by atoms with van der Waals surface area (Å²) in [5.74, 6) is -0.611. The number of thiophene rings is 1. The highest BCUT2D eigenvalue weighted by Crippen LogP contribution is 2.30. The molecule has 6 heteroatoms. The second-order valence-electron chi connectivity index (χ2n) is 5.80. The molecule has 0 bridgehead atoms. The summed E-state index contributed by atoms with van der Waals surface area (Å²) in [6.07, 6.45) is 0.205. The normalized spacial score (nSPS) is 18.2. The number of hydrogen-bond acceptors (Lipinski definition) is 4. The Bertz CT molecular complexity index is 794. The molecule has 0 spiro atoms. The van der Waals surface area contributed by atoms with E-state index in [1.165, 1.54) is 11.3 Å². The molecule has 1 saturated heterocycles. The molecule has 2 aromatic rings. The third-order valence-electron chi connectivity index (χ3n) is 4.30. The first-order chi connectivity index (χ1) is 11.6. The van der Waals surface area contributed by atoms with Crippen LogP contribution in [0.15, 0.2) is 41.8 Å². The Morgan fingerprint density at radius 3 is 2.83 bits per heavy atom. The van der Waals surface area contributed by atoms with Crippen LogP contribution in [0, 0.1) is 17.2 Å². The van der Waals surface area contributed by atoms with E-state index in [1.807, 2.05) is 43.3 Å². The molecule has 2 heterocycles. The first-order valence-electron chi connectivity index (χ1n) is 7.73. The summed E-state index contributed by atoms with van der Waals surface area (Å²) in [4.78, 5) is 26.5. The van der Waals surface area contributed by atoms with E-state index < -0.39 is 5.92 Å². The Labute approximate surface area is 144 Å². The van der Waals surface area contributed by atoms with Crippen LogP contribution < -0.4 is 5.32 Å². The maximum Gasteiger partial charge on any atom is 0.230 e. The molecule has 122 valence electrons. The summed E-state index contributed by atoms with van der Waals surface area (Å²) in [6.45, 7) is 2.37. The predicted octanol–water partition coefficient (Wildman–Crippen LogP) is 3.17. The van der Waals surface area contributed by atoms with Gasteiger partial charge in [-0.1, -0.05) is 30.3 Å². The molecule has 2 amide bonds. The predicted molar refractivity (Wildman–Crippen MR) is 92.3 cm³/mol. The lowest BCUT2D eigenvalue weighted by Gasteiger charge is -2.25. The Kier molecular flexibility index (Phi) is 4.63. The Hall–Kier alpha value is -2.65. The average molecular weight is 339 g/mol. The molecule has 0 saturated carbocycles. The van der Waals surface area contributed by atoms with Gasteiger partial charge < -0.3 is 10.2 Å². The SMILES string of the molecule is C[C@H](c1ccccc1)N1C[C@H](C(=O)Nc2sccc2C#N)CC1=O. The number of rotatable bonds is 4. The molecule has 1 aliphatic heterocycles. The first-order valence-corrected chi connectivity index (χ1v) is 8.61. The van der Waals surface area contributed by atoms with Gasteiger partial charge in [0, 0.05) is 13.0 Å². The summed E-state index contributed by atoms with van der Waals surface area (Å²) in [6, 6.07) is 13.4. The molecule has 1 aliphatic rings. The van der Waals surface area contributed by atoms with Gasteiger partial charge in [0.15, 0.2) is 0 Å². The van der Waals surface area contributed by atoms with E-state index in [-0.39, 0.29) is 24.3 Å². The van der Waals surface area contributed by atoms with E-state index in [0.717, 1.165) is 5.56 Å². The molecule has 0 radical (unpaired) electrons. The third-order valence-corrected chi connectivity index (χ3v) is 5.13. The molecule has 2 atom stereocenters. The largest absolute Gasteiger partial charge is 0.335 e. The smallest absolute Gasteiger partial charge is 0.230 e. The van der Waals surface area contributed by atoms with E-state index in [4.69, 9.17) is 5.26 Å². The van der Waals surface area contributed by atoms with E-state index in [0.29, 0.717) is 17.1 Å². The van der Waals surface area contributed by atoms with Crippen LogP contribution >= 0.6 is 11.3 Å². The van der Waals surface area contributed by atoms with Crippen LogP contribution in [0.25, 0.3) is 0 Å². The van der Waals surface area contributed by atoms with Crippen molar-refractivity contribution in [2.24, 2.45) is 5.92 Å². The van der Waals surface area contributed by atoms with Crippen LogP contribution in [0.5, 0.6) is 0 Å². The minimum absolute atomic E-state index is 0.0156. The summed E-state index contributed by atoms with van der Waals surface area (Å²) in [5.41, 5.74) is 1.50. The van der Waals surface area contributed by atoms with Gasteiger partial charge in [0.2, 0.25) is 11.8 Å². The summed E-state index contributed by atoms with van der Waals surface area (Å²) < 4.78 is 0. The van der Waals surface area contributed by atoms with Crippen molar-refractivity contribution in [1.29, 1.82) is 5.26 Å². The lowest BCUT2D eigenvalue weighted by Crippen LogP contribution is -2.30. The second-order valence-corrected chi connectivity index (χ2v) is 6.71. The van der Waals surface area contributed by atoms with Gasteiger partial charge in [-0.05, 0) is 23.9 Å². The Morgan fingerprint density at radius 2 is 2.12 bits per heavy atom. The van der Waals surface area contributed by atoms with Gasteiger partial charge >= 0.3 is 0 Å². The summed E-state index contributed by atoms with van der Waals surface area (Å²) in [5, 5.41) is 14.1. The molecule has 3 rings (SSSR count). The van der Waals surface area contributed by atoms with Gasteiger partial charge in [-0.2, -0.15) is 5.26 Å². The molecule has 1 fully saturated rings. The lowest BCUT2D eigenvalue weighted by molar-refractivity contribution is -0.129. The minimum atomic E-state index is -0.391. The molecule has 0 aliphatic carbocycles. The van der Waals surface area contributed by atoms with Gasteiger partial charge in [-0.15, -0.1) is 11.3 Å². The van der Waals surface area contributed by atoms with E-state index in [1.54, 1.807) is 16.3 Å². The van der Waals surface area contributed by atoms with Crippen molar-refractivity contribution in [1.82, 2.24) is 4.90 Å². The van der Waals surface area contributed by atoms with Crippen LogP contribution in [0.4, 0.5) is 5.00 Å². The zero-order chi connectivity index (χ0) is 17.1. The van der Waals surface area contributed by atoms with Crippen molar-refractivity contribution in [3.05, 3.63) is 52.9 Å². The quantitative estimate of drug-likeness (QED) is 0.930. The van der Waals surface area contributed by atoms with Crippen LogP contribution in [-0.2, 0) is 9.59 Å². The van der Waals surface area contributed by atoms with Gasteiger partial charge in [0.1, 0.15) is 11.1 Å². The highest BCUT2D eigenvalue weighted by atomic mass is 32.1. The van der Waals surface area contributed by atoms with Crippen LogP contribution in [0.3, 0.4) is 0 Å². The number of likely N-dealkylation sites (tertiary alicyclic amines) is 1. The topological polar surface area (TPSA) is 73.2 Å². The number of benzene rings is 1. The third kappa shape index (κ3) is 3.17. The maximum absolute atomic E-state index is 12.4. The van der Waals surface area contributed by atoms with Crippen molar-refractivity contribution < 1.29 is 9.59 Å².